The van der Waals surface area contributed by atoms with Gasteiger partial charge in [0.1, 0.15) is 0 Å². The summed E-state index contributed by atoms with van der Waals surface area (Å²) in [5.74, 6) is -4.99. The number of likely N-dealkylation sites (N-methyl/N-ethyl adjacent to an activating group) is 1. The van der Waals surface area contributed by atoms with E-state index in [1.165, 1.54) is 12.1 Å². The molecule has 4 N–H and O–H groups in total. The Hall–Kier alpha value is -3.88. The smallest absolute Gasteiger partial charge is 0.328 e. The van der Waals surface area contributed by atoms with Crippen LogP contribution >= 0.6 is 0 Å². The number of piperazine rings is 1. The lowest BCUT2D eigenvalue weighted by Gasteiger charge is -2.31. The molecule has 0 radical (unpaired) electrons. The Morgan fingerprint density at radius 2 is 1.11 bits per heavy atom. The maximum atomic E-state index is 12.2. The molecule has 1 aromatic rings. The van der Waals surface area contributed by atoms with Crippen LogP contribution in [0.1, 0.15) is 10.4 Å². The Kier molecular flexibility index (Phi) is 14.2. The third kappa shape index (κ3) is 15.9. The van der Waals surface area contributed by atoms with Gasteiger partial charge in [0.2, 0.25) is 0 Å². The van der Waals surface area contributed by atoms with Crippen LogP contribution in [0.4, 0.5) is 0 Å². The number of carboxylic acids is 4. The highest BCUT2D eigenvalue weighted by atomic mass is 32.2. The first kappa shape index (κ1) is 32.1. The zero-order chi connectivity index (χ0) is 27.9. The lowest BCUT2D eigenvalue weighted by molar-refractivity contribution is -0.134. The van der Waals surface area contributed by atoms with E-state index in [1.54, 1.807) is 12.1 Å². The quantitative estimate of drug-likeness (QED) is 0.258. The summed E-state index contributed by atoms with van der Waals surface area (Å²) in [5, 5.41) is 31.2. The molecule has 1 heterocycles. The molecule has 0 unspecified atom stereocenters. The molecule has 13 nitrogen and oxygen atoms in total. The van der Waals surface area contributed by atoms with Crippen LogP contribution < -0.4 is 0 Å². The van der Waals surface area contributed by atoms with Crippen molar-refractivity contribution in [3.63, 3.8) is 0 Å². The Bertz CT molecular complexity index is 1020. The highest BCUT2D eigenvalue weighted by molar-refractivity contribution is 7.90. The van der Waals surface area contributed by atoms with E-state index >= 15 is 0 Å². The van der Waals surface area contributed by atoms with Crippen LogP contribution in [-0.4, -0.2) is 114 Å². The average molecular weight is 529 g/mol. The maximum Gasteiger partial charge on any atom is 0.328 e. The van der Waals surface area contributed by atoms with Crippen molar-refractivity contribution in [3.8, 4) is 0 Å². The SMILES string of the molecule is CN1CCN(CC(=O)c2ccc(S(C)(=O)=O)cc2)CC1.O=C(O)/C=C\C(=O)O.O=C(O)/C=C\C(=O)O. The number of rotatable bonds is 8. The van der Waals surface area contributed by atoms with Gasteiger partial charge in [-0.15, -0.1) is 0 Å². The van der Waals surface area contributed by atoms with E-state index < -0.39 is 33.7 Å². The Balaban J connectivity index is 0.000000634. The van der Waals surface area contributed by atoms with Gasteiger partial charge in [0.25, 0.3) is 0 Å². The van der Waals surface area contributed by atoms with Gasteiger partial charge in [-0.3, -0.25) is 9.69 Å². The number of hydrogen-bond donors (Lipinski definition) is 4. The minimum atomic E-state index is -3.21. The third-order valence-electron chi connectivity index (χ3n) is 4.30. The number of sulfone groups is 1. The first-order chi connectivity index (χ1) is 16.6. The number of Topliss-reactive ketones (excluding diaryl/α,β-unsaturated/α-hetero) is 1. The van der Waals surface area contributed by atoms with Gasteiger partial charge in [0.15, 0.2) is 15.6 Å². The summed E-state index contributed by atoms with van der Waals surface area (Å²) >= 11 is 0. The van der Waals surface area contributed by atoms with Gasteiger partial charge < -0.3 is 25.3 Å². The van der Waals surface area contributed by atoms with Crippen LogP contribution in [-0.2, 0) is 29.0 Å². The molecule has 36 heavy (non-hydrogen) atoms. The van der Waals surface area contributed by atoms with Gasteiger partial charge in [-0.05, 0) is 19.2 Å². The Morgan fingerprint density at radius 1 is 0.750 bits per heavy atom. The summed E-state index contributed by atoms with van der Waals surface area (Å²) in [5.41, 5.74) is 0.566. The number of ketones is 1. The second-order valence-electron chi connectivity index (χ2n) is 7.32. The van der Waals surface area contributed by atoms with Crippen LogP contribution in [0.5, 0.6) is 0 Å². The van der Waals surface area contributed by atoms with E-state index in [0.717, 1.165) is 32.4 Å². The predicted molar refractivity (Wildman–Crippen MR) is 127 cm³/mol. The summed E-state index contributed by atoms with van der Waals surface area (Å²) in [7, 11) is -1.13. The first-order valence-corrected chi connectivity index (χ1v) is 12.0. The molecule has 0 spiro atoms. The zero-order valence-corrected chi connectivity index (χ0v) is 20.4. The standard InChI is InChI=1S/C14H20N2O3S.2C4H4O4/c1-15-7-9-16(10-8-15)11-14(17)12-3-5-13(6-4-12)20(2,18)19;2*5-3(6)1-2-4(7)8/h3-6H,7-11H2,1-2H3;2*1-2H,(H,5,6)(H,7,8)/b;2*2-1-. The molecule has 0 bridgehead atoms. The van der Waals surface area contributed by atoms with Gasteiger partial charge >= 0.3 is 23.9 Å². The van der Waals surface area contributed by atoms with E-state index in [0.29, 0.717) is 36.4 Å². The molecule has 1 fully saturated rings. The fourth-order valence-corrected chi connectivity index (χ4v) is 3.10. The summed E-state index contributed by atoms with van der Waals surface area (Å²) in [6, 6.07) is 6.17. The van der Waals surface area contributed by atoms with Crippen molar-refractivity contribution in [3.05, 3.63) is 54.1 Å². The number of aliphatic carboxylic acids is 4. The highest BCUT2D eigenvalue weighted by Gasteiger charge is 2.17. The van der Waals surface area contributed by atoms with Crippen molar-refractivity contribution in [1.82, 2.24) is 9.80 Å². The lowest BCUT2D eigenvalue weighted by Crippen LogP contribution is -2.46. The fourth-order valence-electron chi connectivity index (χ4n) is 2.47. The van der Waals surface area contributed by atoms with Crippen molar-refractivity contribution >= 4 is 39.5 Å². The molecule has 0 saturated carbocycles. The van der Waals surface area contributed by atoms with Gasteiger partial charge in [-0.2, -0.15) is 0 Å². The molecule has 2 rings (SSSR count). The van der Waals surface area contributed by atoms with Crippen LogP contribution in [0.25, 0.3) is 0 Å². The van der Waals surface area contributed by atoms with E-state index in [2.05, 4.69) is 16.8 Å². The van der Waals surface area contributed by atoms with E-state index in [4.69, 9.17) is 20.4 Å². The summed E-state index contributed by atoms with van der Waals surface area (Å²) in [6.45, 7) is 4.12. The van der Waals surface area contributed by atoms with Crippen molar-refractivity contribution in [2.24, 2.45) is 0 Å². The molecule has 198 valence electrons. The van der Waals surface area contributed by atoms with E-state index in [-0.39, 0.29) is 10.7 Å². The summed E-state index contributed by atoms with van der Waals surface area (Å²) < 4.78 is 22.7. The van der Waals surface area contributed by atoms with Crippen molar-refractivity contribution < 1.29 is 52.8 Å². The van der Waals surface area contributed by atoms with Crippen LogP contribution in [0.15, 0.2) is 53.5 Å². The number of benzene rings is 1. The van der Waals surface area contributed by atoms with Gasteiger partial charge in [0.05, 0.1) is 11.4 Å². The molecular formula is C22H28N2O11S. The van der Waals surface area contributed by atoms with Crippen LogP contribution in [0.2, 0.25) is 0 Å². The first-order valence-electron chi connectivity index (χ1n) is 10.1. The zero-order valence-electron chi connectivity index (χ0n) is 19.6. The van der Waals surface area contributed by atoms with Gasteiger partial charge in [-0.25, -0.2) is 27.6 Å². The number of carboxylic acid groups (broad SMARTS) is 4. The van der Waals surface area contributed by atoms with Crippen molar-refractivity contribution in [1.29, 1.82) is 0 Å². The number of carbonyl (C=O) groups excluding carboxylic acids is 1. The second kappa shape index (κ2) is 15.9. The number of carbonyl (C=O) groups is 5. The number of nitrogens with zero attached hydrogens (tertiary/aromatic N) is 2. The molecule has 0 atom stereocenters. The molecule has 1 aromatic carbocycles. The molecule has 1 aliphatic heterocycles. The fraction of sp³-hybridized carbons (Fsp3) is 0.318. The van der Waals surface area contributed by atoms with Gasteiger partial charge in [-0.1, -0.05) is 12.1 Å². The molecule has 0 aliphatic carbocycles. The lowest BCUT2D eigenvalue weighted by atomic mass is 10.1. The minimum Gasteiger partial charge on any atom is -0.478 e. The van der Waals surface area contributed by atoms with Crippen molar-refractivity contribution in [2.45, 2.75) is 4.90 Å². The van der Waals surface area contributed by atoms with Crippen molar-refractivity contribution in [2.75, 3.05) is 46.0 Å². The molecule has 0 amide bonds. The Morgan fingerprint density at radius 3 is 1.42 bits per heavy atom. The van der Waals surface area contributed by atoms with E-state index in [1.807, 2.05) is 0 Å². The van der Waals surface area contributed by atoms with Crippen LogP contribution in [0.3, 0.4) is 0 Å². The highest BCUT2D eigenvalue weighted by Crippen LogP contribution is 2.11. The average Bonchev–Trinajstić information content (AvgIpc) is 2.78. The molecule has 1 aliphatic rings. The molecule has 14 heteroatoms. The molecular weight excluding hydrogens is 500 g/mol. The van der Waals surface area contributed by atoms with Crippen LogP contribution in [0, 0.1) is 0 Å². The molecule has 1 saturated heterocycles. The molecule has 0 aromatic heterocycles. The Labute approximate surface area is 207 Å². The summed E-state index contributed by atoms with van der Waals surface area (Å²) in [4.78, 5) is 55.0. The number of hydrogen-bond acceptors (Lipinski definition) is 9. The summed E-state index contributed by atoms with van der Waals surface area (Å²) in [6.07, 6.45) is 3.39. The van der Waals surface area contributed by atoms with Gasteiger partial charge in [0, 0.05) is 62.3 Å². The second-order valence-corrected chi connectivity index (χ2v) is 9.33. The van der Waals surface area contributed by atoms with E-state index in [9.17, 15) is 32.4 Å². The monoisotopic (exact) mass is 528 g/mol. The predicted octanol–water partition coefficient (Wildman–Crippen LogP) is -0.0562. The largest absolute Gasteiger partial charge is 0.478 e. The minimum absolute atomic E-state index is 0.0367. The third-order valence-corrected chi connectivity index (χ3v) is 5.43. The topological polar surface area (TPSA) is 207 Å². The maximum absolute atomic E-state index is 12.2. The normalized spacial score (nSPS) is 14.3.